The number of anilines is 1. The number of hydrogen-bond acceptors (Lipinski definition) is 3. The van der Waals surface area contributed by atoms with Crippen molar-refractivity contribution in [2.75, 3.05) is 11.9 Å². The van der Waals surface area contributed by atoms with Gasteiger partial charge in [0.05, 0.1) is 9.47 Å². The molecule has 0 bridgehead atoms. The highest BCUT2D eigenvalue weighted by atomic mass is 79.9. The van der Waals surface area contributed by atoms with Crippen LogP contribution in [0.3, 0.4) is 0 Å². The van der Waals surface area contributed by atoms with Crippen LogP contribution < -0.4 is 11.1 Å². The van der Waals surface area contributed by atoms with E-state index in [1.807, 2.05) is 6.07 Å². The van der Waals surface area contributed by atoms with Gasteiger partial charge in [-0.25, -0.2) is 0 Å². The van der Waals surface area contributed by atoms with Crippen molar-refractivity contribution in [3.05, 3.63) is 14.7 Å². The van der Waals surface area contributed by atoms with Crippen LogP contribution in [0.1, 0.15) is 41.8 Å². The number of amides is 1. The minimum absolute atomic E-state index is 0.357. The summed E-state index contributed by atoms with van der Waals surface area (Å²) in [5.41, 5.74) is 6.20. The Labute approximate surface area is 114 Å². The van der Waals surface area contributed by atoms with Crippen molar-refractivity contribution in [1.29, 1.82) is 0 Å². The van der Waals surface area contributed by atoms with Gasteiger partial charge in [0.15, 0.2) is 0 Å². The minimum atomic E-state index is -0.357. The number of primary amides is 1. The van der Waals surface area contributed by atoms with Crippen molar-refractivity contribution in [3.8, 4) is 0 Å². The highest BCUT2D eigenvalue weighted by Crippen LogP contribution is 2.32. The third-order valence-electron chi connectivity index (χ3n) is 3.27. The summed E-state index contributed by atoms with van der Waals surface area (Å²) in [7, 11) is 0. The fourth-order valence-electron chi connectivity index (χ4n) is 2.39. The third kappa shape index (κ3) is 3.45. The van der Waals surface area contributed by atoms with Crippen LogP contribution >= 0.6 is 27.3 Å². The van der Waals surface area contributed by atoms with E-state index in [2.05, 4.69) is 21.2 Å². The molecule has 3 N–H and O–H groups in total. The number of nitrogens with one attached hydrogen (secondary N) is 1. The molecule has 1 aliphatic carbocycles. The van der Waals surface area contributed by atoms with Crippen molar-refractivity contribution in [2.24, 2.45) is 11.7 Å². The van der Waals surface area contributed by atoms with E-state index >= 15 is 0 Å². The summed E-state index contributed by atoms with van der Waals surface area (Å²) in [6, 6.07) is 1.93. The largest absolute Gasteiger partial charge is 0.384 e. The maximum absolute atomic E-state index is 11.2. The Bertz CT molecular complexity index is 399. The molecule has 0 radical (unpaired) electrons. The van der Waals surface area contributed by atoms with Gasteiger partial charge in [-0.1, -0.05) is 25.7 Å². The molecule has 1 fully saturated rings. The molecule has 0 saturated heterocycles. The van der Waals surface area contributed by atoms with Crippen LogP contribution in [0.5, 0.6) is 0 Å². The zero-order valence-electron chi connectivity index (χ0n) is 9.67. The summed E-state index contributed by atoms with van der Waals surface area (Å²) in [6.07, 6.45) is 6.66. The summed E-state index contributed by atoms with van der Waals surface area (Å²) < 4.78 is 0.940. The zero-order chi connectivity index (χ0) is 12.3. The molecular formula is C12H17BrN2OS. The minimum Gasteiger partial charge on any atom is -0.384 e. The molecule has 1 saturated carbocycles. The lowest BCUT2D eigenvalue weighted by molar-refractivity contribution is 0.100. The lowest BCUT2D eigenvalue weighted by Gasteiger charge is -2.10. The summed E-state index contributed by atoms with van der Waals surface area (Å²) >= 11 is 4.76. The van der Waals surface area contributed by atoms with Crippen LogP contribution in [-0.2, 0) is 0 Å². The SMILES string of the molecule is NC(=O)c1sc(Br)cc1NCCC1CCCC1. The van der Waals surface area contributed by atoms with E-state index in [1.54, 1.807) is 0 Å². The molecule has 3 nitrogen and oxygen atoms in total. The van der Waals surface area contributed by atoms with Gasteiger partial charge >= 0.3 is 0 Å². The van der Waals surface area contributed by atoms with E-state index in [1.165, 1.54) is 43.4 Å². The van der Waals surface area contributed by atoms with Gasteiger partial charge in [0.1, 0.15) is 4.88 Å². The topological polar surface area (TPSA) is 55.1 Å². The number of thiophene rings is 1. The Hall–Kier alpha value is -0.550. The normalized spacial score (nSPS) is 16.3. The van der Waals surface area contributed by atoms with E-state index in [9.17, 15) is 4.79 Å². The Morgan fingerprint density at radius 3 is 2.88 bits per heavy atom. The molecule has 0 aromatic carbocycles. The quantitative estimate of drug-likeness (QED) is 0.872. The number of nitrogens with two attached hydrogens (primary N) is 1. The fraction of sp³-hybridized carbons (Fsp3) is 0.583. The Morgan fingerprint density at radius 2 is 2.24 bits per heavy atom. The van der Waals surface area contributed by atoms with Crippen molar-refractivity contribution in [2.45, 2.75) is 32.1 Å². The summed E-state index contributed by atoms with van der Waals surface area (Å²) in [5.74, 6) is 0.505. The molecule has 0 unspecified atom stereocenters. The van der Waals surface area contributed by atoms with Crippen LogP contribution in [-0.4, -0.2) is 12.5 Å². The van der Waals surface area contributed by atoms with E-state index in [-0.39, 0.29) is 5.91 Å². The summed E-state index contributed by atoms with van der Waals surface area (Å²) in [4.78, 5) is 11.8. The van der Waals surface area contributed by atoms with Crippen LogP contribution in [0, 0.1) is 5.92 Å². The molecule has 0 aliphatic heterocycles. The molecule has 0 spiro atoms. The number of carbonyl (C=O) groups excluding carboxylic acids is 1. The number of halogens is 1. The van der Waals surface area contributed by atoms with Crippen molar-refractivity contribution < 1.29 is 4.79 Å². The van der Waals surface area contributed by atoms with Gasteiger partial charge in [-0.2, -0.15) is 0 Å². The van der Waals surface area contributed by atoms with Gasteiger partial charge in [-0.3, -0.25) is 4.79 Å². The van der Waals surface area contributed by atoms with E-state index in [4.69, 9.17) is 5.73 Å². The first-order valence-electron chi connectivity index (χ1n) is 6.00. The Morgan fingerprint density at radius 1 is 1.53 bits per heavy atom. The molecule has 17 heavy (non-hydrogen) atoms. The maximum atomic E-state index is 11.2. The van der Waals surface area contributed by atoms with Gasteiger partial charge in [-0.15, -0.1) is 11.3 Å². The van der Waals surface area contributed by atoms with E-state index in [0.717, 1.165) is 21.9 Å². The van der Waals surface area contributed by atoms with Crippen molar-refractivity contribution in [3.63, 3.8) is 0 Å². The van der Waals surface area contributed by atoms with Gasteiger partial charge in [-0.05, 0) is 34.3 Å². The molecular weight excluding hydrogens is 300 g/mol. The lowest BCUT2D eigenvalue weighted by atomic mass is 10.0. The first kappa shape index (κ1) is 12.9. The highest BCUT2D eigenvalue weighted by Gasteiger charge is 2.16. The Kier molecular flexibility index (Phi) is 4.45. The van der Waals surface area contributed by atoms with Crippen LogP contribution in [0.2, 0.25) is 0 Å². The molecule has 1 aliphatic rings. The maximum Gasteiger partial charge on any atom is 0.260 e. The van der Waals surface area contributed by atoms with E-state index in [0.29, 0.717) is 4.88 Å². The molecule has 2 rings (SSSR count). The van der Waals surface area contributed by atoms with Gasteiger partial charge < -0.3 is 11.1 Å². The molecule has 1 amide bonds. The summed E-state index contributed by atoms with van der Waals surface area (Å²) in [6.45, 7) is 0.925. The van der Waals surface area contributed by atoms with Crippen LogP contribution in [0.25, 0.3) is 0 Å². The van der Waals surface area contributed by atoms with Crippen LogP contribution in [0.15, 0.2) is 9.85 Å². The standard InChI is InChI=1S/C12H17BrN2OS/c13-10-7-9(11(17-10)12(14)16)15-6-5-8-3-1-2-4-8/h7-8,15H,1-6H2,(H2,14,16). The molecule has 1 aromatic heterocycles. The number of carbonyl (C=O) groups is 1. The fourth-order valence-corrected chi connectivity index (χ4v) is 3.81. The van der Waals surface area contributed by atoms with Crippen molar-refractivity contribution in [1.82, 2.24) is 0 Å². The van der Waals surface area contributed by atoms with E-state index < -0.39 is 0 Å². The average Bonchev–Trinajstić information content (AvgIpc) is 2.88. The molecule has 1 heterocycles. The zero-order valence-corrected chi connectivity index (χ0v) is 12.1. The first-order chi connectivity index (χ1) is 8.16. The number of rotatable bonds is 5. The second-order valence-electron chi connectivity index (χ2n) is 4.52. The molecule has 1 aromatic rings. The highest BCUT2D eigenvalue weighted by molar-refractivity contribution is 9.11. The molecule has 5 heteroatoms. The second-order valence-corrected chi connectivity index (χ2v) is 6.95. The predicted octanol–water partition coefficient (Wildman–Crippen LogP) is 3.60. The summed E-state index contributed by atoms with van der Waals surface area (Å²) in [5, 5.41) is 3.32. The lowest BCUT2D eigenvalue weighted by Crippen LogP contribution is -2.13. The number of hydrogen-bond donors (Lipinski definition) is 2. The van der Waals surface area contributed by atoms with Crippen LogP contribution in [0.4, 0.5) is 5.69 Å². The molecule has 94 valence electrons. The Balaban J connectivity index is 1.87. The van der Waals surface area contributed by atoms with Gasteiger partial charge in [0.25, 0.3) is 5.91 Å². The van der Waals surface area contributed by atoms with Gasteiger partial charge in [0.2, 0.25) is 0 Å². The average molecular weight is 317 g/mol. The van der Waals surface area contributed by atoms with Crippen molar-refractivity contribution >= 4 is 38.9 Å². The molecule has 0 atom stereocenters. The smallest absolute Gasteiger partial charge is 0.260 e. The second kappa shape index (κ2) is 5.87. The first-order valence-corrected chi connectivity index (χ1v) is 7.61. The van der Waals surface area contributed by atoms with Gasteiger partial charge in [0, 0.05) is 6.54 Å². The monoisotopic (exact) mass is 316 g/mol. The predicted molar refractivity (Wildman–Crippen MR) is 75.6 cm³/mol. The third-order valence-corrected chi connectivity index (χ3v) is 4.92.